The van der Waals surface area contributed by atoms with E-state index in [1.165, 1.54) is 0 Å². The molecule has 9 nitrogen and oxygen atoms in total. The predicted molar refractivity (Wildman–Crippen MR) is 157 cm³/mol. The molecule has 0 saturated carbocycles. The summed E-state index contributed by atoms with van der Waals surface area (Å²) in [6.45, 7) is 1.91. The Morgan fingerprint density at radius 3 is 2.93 bits per heavy atom. The van der Waals surface area contributed by atoms with Crippen LogP contribution in [-0.4, -0.2) is 69.4 Å². The number of aromatic nitrogens is 5. The standard InChI is InChI=1S/C32H33FN6O3/c1-40-23-10-12-38(19-26-27(33)4-3-5-29(26)41-2)17-22(14-23)32-37-36-31(42-32)20-6-8-28-24(15-20)25(16-35-28)21-7-9-30-34-11-13-39(30)18-21/h4,6-9,11,13,15-16,18,22-23,35H,3,5,10,12,14,17,19H2,1-2H3. The van der Waals surface area contributed by atoms with Crippen LogP contribution in [0.15, 0.2) is 82.8 Å². The fourth-order valence-electron chi connectivity index (χ4n) is 6.21. The summed E-state index contributed by atoms with van der Waals surface area (Å²) in [6.07, 6.45) is 12.5. The van der Waals surface area contributed by atoms with E-state index in [4.69, 9.17) is 13.9 Å². The Balaban J connectivity index is 1.16. The minimum Gasteiger partial charge on any atom is -0.501 e. The first-order chi connectivity index (χ1) is 20.6. The van der Waals surface area contributed by atoms with Crippen LogP contribution in [-0.2, 0) is 9.47 Å². The van der Waals surface area contributed by atoms with Crippen LogP contribution in [0.3, 0.4) is 0 Å². The highest BCUT2D eigenvalue weighted by Gasteiger charge is 2.31. The molecule has 5 heterocycles. The first-order valence-electron chi connectivity index (χ1n) is 14.3. The average molecular weight is 569 g/mol. The molecule has 42 heavy (non-hydrogen) atoms. The number of pyridine rings is 1. The van der Waals surface area contributed by atoms with Crippen molar-refractivity contribution in [3.63, 3.8) is 0 Å². The monoisotopic (exact) mass is 568 g/mol. The van der Waals surface area contributed by atoms with Crippen molar-refractivity contribution in [1.29, 1.82) is 0 Å². The lowest BCUT2D eigenvalue weighted by Gasteiger charge is -2.26. The molecule has 2 atom stereocenters. The van der Waals surface area contributed by atoms with E-state index in [9.17, 15) is 4.39 Å². The van der Waals surface area contributed by atoms with Crippen molar-refractivity contribution in [3.8, 4) is 22.6 Å². The van der Waals surface area contributed by atoms with Gasteiger partial charge in [0.05, 0.1) is 19.1 Å². The van der Waals surface area contributed by atoms with Gasteiger partial charge in [0, 0.05) is 91.1 Å². The normalized spacial score (nSPS) is 20.3. The summed E-state index contributed by atoms with van der Waals surface area (Å²) in [5.41, 5.74) is 5.57. The SMILES string of the molecule is COC1=C(CN2CCC(OC)CC(c3nnc(-c4ccc5[nH]cc(-c6ccc7nccn7c6)c5c4)o3)C2)C(F)=CCC1. The highest BCUT2D eigenvalue weighted by Crippen LogP contribution is 2.35. The largest absolute Gasteiger partial charge is 0.501 e. The van der Waals surface area contributed by atoms with Crippen molar-refractivity contribution < 1.29 is 18.3 Å². The third kappa shape index (κ3) is 5.01. The molecule has 5 aromatic rings. The molecule has 1 saturated heterocycles. The van der Waals surface area contributed by atoms with Crippen LogP contribution in [0.5, 0.6) is 0 Å². The first-order valence-corrected chi connectivity index (χ1v) is 14.3. The number of nitrogens with one attached hydrogen (secondary N) is 1. The number of hydrogen-bond acceptors (Lipinski definition) is 7. The lowest BCUT2D eigenvalue weighted by Crippen LogP contribution is -2.31. The predicted octanol–water partition coefficient (Wildman–Crippen LogP) is 6.27. The Bertz CT molecular complexity index is 1800. The summed E-state index contributed by atoms with van der Waals surface area (Å²) in [7, 11) is 3.35. The zero-order chi connectivity index (χ0) is 28.6. The van der Waals surface area contributed by atoms with Crippen LogP contribution in [0.4, 0.5) is 4.39 Å². The van der Waals surface area contributed by atoms with Crippen LogP contribution in [0, 0.1) is 0 Å². The van der Waals surface area contributed by atoms with Crippen molar-refractivity contribution >= 4 is 16.6 Å². The van der Waals surface area contributed by atoms with Gasteiger partial charge in [-0.1, -0.05) is 0 Å². The molecule has 1 N–H and O–H groups in total. The number of likely N-dealkylation sites (tertiary alicyclic amines) is 1. The van der Waals surface area contributed by atoms with Gasteiger partial charge in [0.15, 0.2) is 0 Å². The topological polar surface area (TPSA) is 93.7 Å². The van der Waals surface area contributed by atoms with Gasteiger partial charge in [0.1, 0.15) is 17.2 Å². The lowest BCUT2D eigenvalue weighted by molar-refractivity contribution is 0.0856. The van der Waals surface area contributed by atoms with Gasteiger partial charge in [0.2, 0.25) is 11.8 Å². The number of aromatic amines is 1. The minimum absolute atomic E-state index is 0.0459. The van der Waals surface area contributed by atoms with Gasteiger partial charge < -0.3 is 23.3 Å². The maximum absolute atomic E-state index is 14.8. The summed E-state index contributed by atoms with van der Waals surface area (Å²) in [5.74, 6) is 1.53. The number of halogens is 1. The highest BCUT2D eigenvalue weighted by atomic mass is 19.1. The Morgan fingerprint density at radius 2 is 2.05 bits per heavy atom. The zero-order valence-electron chi connectivity index (χ0n) is 23.7. The fourth-order valence-corrected chi connectivity index (χ4v) is 6.21. The van der Waals surface area contributed by atoms with E-state index in [1.807, 2.05) is 35.0 Å². The second-order valence-electron chi connectivity index (χ2n) is 11.0. The van der Waals surface area contributed by atoms with Gasteiger partial charge >= 0.3 is 0 Å². The molecule has 1 fully saturated rings. The Labute approximate surface area is 242 Å². The zero-order valence-corrected chi connectivity index (χ0v) is 23.7. The molecule has 0 bridgehead atoms. The number of fused-ring (bicyclic) bond motifs is 2. The van der Waals surface area contributed by atoms with Gasteiger partial charge in [-0.2, -0.15) is 0 Å². The van der Waals surface area contributed by atoms with Gasteiger partial charge in [-0.3, -0.25) is 4.90 Å². The molecule has 0 radical (unpaired) electrons. The maximum Gasteiger partial charge on any atom is 0.247 e. The number of benzene rings is 1. The number of imidazole rings is 1. The molecule has 10 heteroatoms. The molecule has 4 aromatic heterocycles. The van der Waals surface area contributed by atoms with E-state index in [0.29, 0.717) is 36.9 Å². The molecule has 2 aliphatic rings. The third-order valence-electron chi connectivity index (χ3n) is 8.49. The van der Waals surface area contributed by atoms with Crippen LogP contribution in [0.25, 0.3) is 39.1 Å². The number of rotatable bonds is 7. The number of ether oxygens (including phenoxy) is 2. The number of H-pyrrole nitrogens is 1. The number of nitrogens with zero attached hydrogens (tertiary/aromatic N) is 5. The lowest BCUT2D eigenvalue weighted by atomic mass is 10.0. The highest BCUT2D eigenvalue weighted by molar-refractivity contribution is 5.97. The van der Waals surface area contributed by atoms with Gasteiger partial charge in [-0.05, 0) is 55.7 Å². The van der Waals surface area contributed by atoms with E-state index in [1.54, 1.807) is 26.5 Å². The van der Waals surface area contributed by atoms with E-state index in [2.05, 4.69) is 43.4 Å². The summed E-state index contributed by atoms with van der Waals surface area (Å²) < 4.78 is 34.5. The smallest absolute Gasteiger partial charge is 0.247 e. The van der Waals surface area contributed by atoms with E-state index in [0.717, 1.165) is 64.8 Å². The molecule has 0 spiro atoms. The van der Waals surface area contributed by atoms with Crippen molar-refractivity contribution in [2.75, 3.05) is 33.9 Å². The Morgan fingerprint density at radius 1 is 1.14 bits per heavy atom. The van der Waals surface area contributed by atoms with Crippen molar-refractivity contribution in [3.05, 3.63) is 84.2 Å². The van der Waals surface area contributed by atoms with E-state index < -0.39 is 0 Å². The van der Waals surface area contributed by atoms with Crippen molar-refractivity contribution in [1.82, 2.24) is 29.5 Å². The minimum atomic E-state index is -0.188. The van der Waals surface area contributed by atoms with Gasteiger partial charge in [-0.25, -0.2) is 9.37 Å². The average Bonchev–Trinajstić information content (AvgIpc) is 3.76. The van der Waals surface area contributed by atoms with Crippen molar-refractivity contribution in [2.45, 2.75) is 37.7 Å². The number of hydrogen-bond donors (Lipinski definition) is 1. The molecular formula is C32H33FN6O3. The second kappa shape index (κ2) is 11.2. The van der Waals surface area contributed by atoms with Crippen molar-refractivity contribution in [2.24, 2.45) is 0 Å². The molecule has 2 unspecified atom stereocenters. The van der Waals surface area contributed by atoms with E-state index in [-0.39, 0.29) is 17.8 Å². The molecule has 1 aliphatic heterocycles. The van der Waals surface area contributed by atoms with Gasteiger partial charge in [0.25, 0.3) is 0 Å². The van der Waals surface area contributed by atoms with Crippen LogP contribution in [0.1, 0.15) is 37.5 Å². The molecular weight excluding hydrogens is 535 g/mol. The summed E-state index contributed by atoms with van der Waals surface area (Å²) >= 11 is 0. The molecule has 7 rings (SSSR count). The van der Waals surface area contributed by atoms with E-state index >= 15 is 0 Å². The summed E-state index contributed by atoms with van der Waals surface area (Å²) in [4.78, 5) is 9.97. The molecule has 216 valence electrons. The Hall–Kier alpha value is -4.28. The second-order valence-corrected chi connectivity index (χ2v) is 11.0. The van der Waals surface area contributed by atoms with Crippen LogP contribution < -0.4 is 0 Å². The van der Waals surface area contributed by atoms with Crippen LogP contribution >= 0.6 is 0 Å². The molecule has 1 aliphatic carbocycles. The summed E-state index contributed by atoms with van der Waals surface area (Å²) in [6, 6.07) is 10.2. The number of methoxy groups -OCH3 is 2. The molecule has 0 amide bonds. The molecule has 1 aromatic carbocycles. The number of allylic oxidation sites excluding steroid dienone is 2. The first kappa shape index (κ1) is 26.6. The van der Waals surface area contributed by atoms with Crippen LogP contribution in [0.2, 0.25) is 0 Å². The Kier molecular flexibility index (Phi) is 7.09. The maximum atomic E-state index is 14.8. The summed E-state index contributed by atoms with van der Waals surface area (Å²) in [5, 5.41) is 10.0. The quantitative estimate of drug-likeness (QED) is 0.247. The fraction of sp³-hybridized carbons (Fsp3) is 0.344. The third-order valence-corrected chi connectivity index (χ3v) is 8.49. The van der Waals surface area contributed by atoms with Gasteiger partial charge in [-0.15, -0.1) is 10.2 Å².